The molecule has 0 saturated carbocycles. The van der Waals surface area contributed by atoms with Crippen molar-refractivity contribution in [2.24, 2.45) is 5.73 Å². The van der Waals surface area contributed by atoms with Crippen LogP contribution in [-0.4, -0.2) is 82.6 Å². The van der Waals surface area contributed by atoms with Crippen molar-refractivity contribution in [3.8, 4) is 23.1 Å². The lowest BCUT2D eigenvalue weighted by Gasteiger charge is -2.37. The highest BCUT2D eigenvalue weighted by molar-refractivity contribution is 5.83. The lowest BCUT2D eigenvalue weighted by molar-refractivity contribution is 0.0322. The monoisotopic (exact) mass is 462 g/mol. The molecular formula is C24H30N8O2. The number of nitriles is 1. The Morgan fingerprint density at radius 3 is 2.65 bits per heavy atom. The number of pyridine rings is 1. The molecule has 2 fully saturated rings. The molecule has 2 aliphatic heterocycles. The van der Waals surface area contributed by atoms with Gasteiger partial charge in [0.15, 0.2) is 0 Å². The van der Waals surface area contributed by atoms with E-state index in [9.17, 15) is 5.26 Å². The molecule has 3 aromatic rings. The topological polar surface area (TPSA) is 118 Å². The number of nitrogens with two attached hydrogens (primary N) is 1. The van der Waals surface area contributed by atoms with E-state index in [1.165, 1.54) is 0 Å². The standard InChI is InChI=1S/C24H30N8O2/c1-24(26)2-4-31(5-3-24)22-16-27-21(15-28-22)20-12-19(17-32-23(20)18(13-25)14-29-32)34-11-8-30-6-9-33-10-7-30/h12,14-17H,2-11,26H2,1H3. The third-order valence-corrected chi connectivity index (χ3v) is 6.63. The van der Waals surface area contributed by atoms with Crippen molar-refractivity contribution >= 4 is 11.3 Å². The van der Waals surface area contributed by atoms with E-state index in [1.54, 1.807) is 29.3 Å². The molecule has 2 saturated heterocycles. The molecule has 2 aliphatic rings. The van der Waals surface area contributed by atoms with Crippen molar-refractivity contribution < 1.29 is 9.47 Å². The Balaban J connectivity index is 1.37. The van der Waals surface area contributed by atoms with Crippen LogP contribution in [0.2, 0.25) is 0 Å². The molecule has 0 amide bonds. The van der Waals surface area contributed by atoms with Crippen molar-refractivity contribution in [1.82, 2.24) is 24.5 Å². The highest BCUT2D eigenvalue weighted by atomic mass is 16.5. The SMILES string of the molecule is CC1(N)CCN(c2cnc(-c3cc(OCCN4CCOCC4)cn4ncc(C#N)c34)cn2)CC1. The lowest BCUT2D eigenvalue weighted by atomic mass is 9.91. The van der Waals surface area contributed by atoms with Gasteiger partial charge in [-0.2, -0.15) is 10.4 Å². The number of rotatable bonds is 6. The van der Waals surface area contributed by atoms with E-state index in [-0.39, 0.29) is 5.54 Å². The maximum absolute atomic E-state index is 9.60. The molecule has 0 aliphatic carbocycles. The number of anilines is 1. The highest BCUT2D eigenvalue weighted by Gasteiger charge is 2.26. The molecule has 34 heavy (non-hydrogen) atoms. The van der Waals surface area contributed by atoms with E-state index in [0.717, 1.165) is 70.2 Å². The smallest absolute Gasteiger partial charge is 0.147 e. The Kier molecular flexibility index (Phi) is 6.32. The van der Waals surface area contributed by atoms with E-state index >= 15 is 0 Å². The van der Waals surface area contributed by atoms with Gasteiger partial charge < -0.3 is 20.1 Å². The number of fused-ring (bicyclic) bond motifs is 1. The van der Waals surface area contributed by atoms with Gasteiger partial charge in [-0.15, -0.1) is 0 Å². The number of ether oxygens (including phenoxy) is 2. The Hall–Kier alpha value is -3.26. The first-order valence-corrected chi connectivity index (χ1v) is 11.7. The molecule has 0 spiro atoms. The van der Waals surface area contributed by atoms with Crippen LogP contribution >= 0.6 is 0 Å². The average molecular weight is 463 g/mol. The van der Waals surface area contributed by atoms with Gasteiger partial charge in [-0.3, -0.25) is 9.88 Å². The van der Waals surface area contributed by atoms with Gasteiger partial charge in [-0.25, -0.2) is 9.50 Å². The Bertz CT molecular complexity index is 1170. The fourth-order valence-corrected chi connectivity index (χ4v) is 4.44. The van der Waals surface area contributed by atoms with Crippen molar-refractivity contribution in [1.29, 1.82) is 5.26 Å². The highest BCUT2D eigenvalue weighted by Crippen LogP contribution is 2.30. The van der Waals surface area contributed by atoms with E-state index in [1.807, 2.05) is 6.07 Å². The summed E-state index contributed by atoms with van der Waals surface area (Å²) >= 11 is 0. The second-order valence-electron chi connectivity index (χ2n) is 9.26. The molecule has 5 heterocycles. The second kappa shape index (κ2) is 9.54. The van der Waals surface area contributed by atoms with Crippen LogP contribution < -0.4 is 15.4 Å². The van der Waals surface area contributed by atoms with Gasteiger partial charge in [-0.05, 0) is 25.8 Å². The van der Waals surface area contributed by atoms with Crippen molar-refractivity contribution in [3.05, 3.63) is 36.4 Å². The van der Waals surface area contributed by atoms with E-state index in [4.69, 9.17) is 20.2 Å². The van der Waals surface area contributed by atoms with Crippen LogP contribution in [-0.2, 0) is 4.74 Å². The van der Waals surface area contributed by atoms with Crippen LogP contribution in [0.25, 0.3) is 16.8 Å². The van der Waals surface area contributed by atoms with E-state index in [2.05, 4.69) is 32.9 Å². The zero-order chi connectivity index (χ0) is 23.5. The van der Waals surface area contributed by atoms with E-state index < -0.39 is 0 Å². The lowest BCUT2D eigenvalue weighted by Crippen LogP contribution is -2.48. The maximum Gasteiger partial charge on any atom is 0.147 e. The summed E-state index contributed by atoms with van der Waals surface area (Å²) in [6, 6.07) is 4.14. The summed E-state index contributed by atoms with van der Waals surface area (Å²) in [6.07, 6.45) is 8.75. The Morgan fingerprint density at radius 1 is 1.15 bits per heavy atom. The number of hydrogen-bond donors (Lipinski definition) is 1. The zero-order valence-corrected chi connectivity index (χ0v) is 19.5. The fourth-order valence-electron chi connectivity index (χ4n) is 4.44. The summed E-state index contributed by atoms with van der Waals surface area (Å²) in [5.74, 6) is 1.51. The average Bonchev–Trinajstić information content (AvgIpc) is 3.28. The first kappa shape index (κ1) is 22.5. The first-order valence-electron chi connectivity index (χ1n) is 11.7. The first-order chi connectivity index (χ1) is 16.5. The second-order valence-corrected chi connectivity index (χ2v) is 9.26. The Morgan fingerprint density at radius 2 is 1.94 bits per heavy atom. The van der Waals surface area contributed by atoms with Gasteiger partial charge in [0.2, 0.25) is 0 Å². The van der Waals surface area contributed by atoms with Crippen molar-refractivity contribution in [2.45, 2.75) is 25.3 Å². The van der Waals surface area contributed by atoms with Crippen molar-refractivity contribution in [2.75, 3.05) is 57.4 Å². The predicted molar refractivity (Wildman–Crippen MR) is 128 cm³/mol. The third kappa shape index (κ3) is 4.82. The predicted octanol–water partition coefficient (Wildman–Crippen LogP) is 1.69. The largest absolute Gasteiger partial charge is 0.491 e. The minimum atomic E-state index is -0.118. The summed E-state index contributed by atoms with van der Waals surface area (Å²) < 4.78 is 13.2. The fraction of sp³-hybridized carbons (Fsp3) is 0.500. The summed E-state index contributed by atoms with van der Waals surface area (Å²) in [7, 11) is 0. The maximum atomic E-state index is 9.60. The summed E-state index contributed by atoms with van der Waals surface area (Å²) in [5, 5.41) is 14.0. The minimum absolute atomic E-state index is 0.118. The number of morpholine rings is 1. The van der Waals surface area contributed by atoms with Crippen molar-refractivity contribution in [3.63, 3.8) is 0 Å². The van der Waals surface area contributed by atoms with Crippen LogP contribution in [0.3, 0.4) is 0 Å². The summed E-state index contributed by atoms with van der Waals surface area (Å²) in [4.78, 5) is 13.9. The molecule has 178 valence electrons. The number of aromatic nitrogens is 4. The van der Waals surface area contributed by atoms with Gasteiger partial charge >= 0.3 is 0 Å². The number of hydrogen-bond acceptors (Lipinski definition) is 9. The van der Waals surface area contributed by atoms with Gasteiger partial charge in [0, 0.05) is 43.8 Å². The normalized spacial score (nSPS) is 18.7. The molecule has 10 heteroatoms. The van der Waals surface area contributed by atoms with Crippen LogP contribution in [0, 0.1) is 11.3 Å². The van der Waals surface area contributed by atoms with E-state index in [0.29, 0.717) is 29.1 Å². The minimum Gasteiger partial charge on any atom is -0.491 e. The summed E-state index contributed by atoms with van der Waals surface area (Å²) in [5.41, 5.74) is 8.77. The number of nitrogens with zero attached hydrogens (tertiary/aromatic N) is 7. The number of piperidine rings is 1. The molecular weight excluding hydrogens is 432 g/mol. The van der Waals surface area contributed by atoms with Crippen LogP contribution in [0.1, 0.15) is 25.3 Å². The Labute approximate surface area is 198 Å². The van der Waals surface area contributed by atoms with Gasteiger partial charge in [0.1, 0.15) is 24.2 Å². The molecule has 5 rings (SSSR count). The van der Waals surface area contributed by atoms with Gasteiger partial charge in [0.25, 0.3) is 0 Å². The molecule has 3 aromatic heterocycles. The van der Waals surface area contributed by atoms with Gasteiger partial charge in [0.05, 0.1) is 54.8 Å². The zero-order valence-electron chi connectivity index (χ0n) is 19.5. The third-order valence-electron chi connectivity index (χ3n) is 6.63. The summed E-state index contributed by atoms with van der Waals surface area (Å²) in [6.45, 7) is 8.55. The molecule has 0 unspecified atom stereocenters. The molecule has 0 atom stereocenters. The van der Waals surface area contributed by atoms with Crippen LogP contribution in [0.5, 0.6) is 5.75 Å². The molecule has 10 nitrogen and oxygen atoms in total. The quantitative estimate of drug-likeness (QED) is 0.584. The molecule has 0 aromatic carbocycles. The van der Waals surface area contributed by atoms with Crippen LogP contribution in [0.4, 0.5) is 5.82 Å². The molecule has 2 N–H and O–H groups in total. The van der Waals surface area contributed by atoms with Crippen LogP contribution in [0.15, 0.2) is 30.9 Å². The molecule has 0 bridgehead atoms. The van der Waals surface area contributed by atoms with Gasteiger partial charge in [-0.1, -0.05) is 0 Å². The molecule has 0 radical (unpaired) electrons.